The van der Waals surface area contributed by atoms with E-state index in [1.807, 2.05) is 60.7 Å². The summed E-state index contributed by atoms with van der Waals surface area (Å²) < 4.78 is 4.89. The minimum atomic E-state index is 0.159. The number of para-hydroxylation sites is 1. The Balaban J connectivity index is 0.000000216. The number of pyridine rings is 1. The fourth-order valence-corrected chi connectivity index (χ4v) is 3.03. The van der Waals surface area contributed by atoms with E-state index >= 15 is 0 Å². The lowest BCUT2D eigenvalue weighted by molar-refractivity contribution is 0.185. The summed E-state index contributed by atoms with van der Waals surface area (Å²) in [4.78, 5) is 3.90. The first-order chi connectivity index (χ1) is 14.6. The Kier molecular flexibility index (Phi) is 7.08. The van der Waals surface area contributed by atoms with E-state index in [1.165, 1.54) is 0 Å². The first-order valence-corrected chi connectivity index (χ1v) is 9.55. The topological polar surface area (TPSA) is 106 Å². The highest BCUT2D eigenvalue weighted by molar-refractivity contribution is 5.96. The van der Waals surface area contributed by atoms with Crippen molar-refractivity contribution < 1.29 is 9.84 Å². The molecule has 0 radical (unpaired) electrons. The minimum Gasteiger partial charge on any atom is -0.505 e. The molecule has 0 aliphatic carbocycles. The predicted octanol–water partition coefficient (Wildman–Crippen LogP) is 4.55. The van der Waals surface area contributed by atoms with Crippen molar-refractivity contribution in [1.29, 1.82) is 0 Å². The van der Waals surface area contributed by atoms with E-state index in [9.17, 15) is 5.11 Å². The number of rotatable bonds is 5. The van der Waals surface area contributed by atoms with Gasteiger partial charge in [0.2, 0.25) is 0 Å². The number of phenols is 1. The van der Waals surface area contributed by atoms with Crippen molar-refractivity contribution in [2.24, 2.45) is 0 Å². The molecule has 4 aromatic rings. The number of nitrogen functional groups attached to an aromatic ring is 2. The number of nitrogens with two attached hydrogens (primary N) is 2. The number of hydrogen-bond donors (Lipinski definition) is 4. The molecule has 0 saturated heterocycles. The van der Waals surface area contributed by atoms with Crippen LogP contribution in [0.5, 0.6) is 5.75 Å². The molecule has 4 rings (SSSR count). The first-order valence-electron chi connectivity index (χ1n) is 9.55. The van der Waals surface area contributed by atoms with Gasteiger partial charge in [0, 0.05) is 53.9 Å². The van der Waals surface area contributed by atoms with Gasteiger partial charge in [0.15, 0.2) is 0 Å². The molecule has 154 valence electrons. The largest absolute Gasteiger partial charge is 0.505 e. The SMILES string of the molecule is COCc1cnccc1N.Nc1c(O)c(CNc2ccccc2)cc2ccccc12. The molecule has 6 N–H and O–H groups in total. The summed E-state index contributed by atoms with van der Waals surface area (Å²) in [6.07, 6.45) is 3.37. The van der Waals surface area contributed by atoms with Crippen LogP contribution in [0.3, 0.4) is 0 Å². The van der Waals surface area contributed by atoms with Gasteiger partial charge in [-0.15, -0.1) is 0 Å². The Morgan fingerprint density at radius 2 is 1.70 bits per heavy atom. The average Bonchev–Trinajstić information content (AvgIpc) is 2.78. The molecule has 0 spiro atoms. The first kappa shape index (κ1) is 21.0. The smallest absolute Gasteiger partial charge is 0.144 e. The van der Waals surface area contributed by atoms with Crippen LogP contribution < -0.4 is 16.8 Å². The van der Waals surface area contributed by atoms with Crippen LogP contribution in [0.1, 0.15) is 11.1 Å². The number of aromatic hydroxyl groups is 1. The number of benzene rings is 3. The number of nitrogens with zero attached hydrogens (tertiary/aromatic N) is 1. The number of aromatic nitrogens is 1. The van der Waals surface area contributed by atoms with Crippen LogP contribution in [0.25, 0.3) is 10.8 Å². The van der Waals surface area contributed by atoms with Crippen LogP contribution in [0.4, 0.5) is 17.1 Å². The van der Waals surface area contributed by atoms with Crippen LogP contribution in [-0.2, 0) is 17.9 Å². The molecule has 0 unspecified atom stereocenters. The van der Waals surface area contributed by atoms with E-state index in [0.29, 0.717) is 18.8 Å². The lowest BCUT2D eigenvalue weighted by Crippen LogP contribution is -2.01. The van der Waals surface area contributed by atoms with Crippen molar-refractivity contribution in [3.05, 3.63) is 90.3 Å². The Labute approximate surface area is 176 Å². The van der Waals surface area contributed by atoms with Crippen molar-refractivity contribution in [3.63, 3.8) is 0 Å². The van der Waals surface area contributed by atoms with Crippen molar-refractivity contribution in [3.8, 4) is 5.75 Å². The van der Waals surface area contributed by atoms with E-state index < -0.39 is 0 Å². The number of phenolic OH excluding ortho intramolecular Hbond substituents is 1. The zero-order valence-corrected chi connectivity index (χ0v) is 16.9. The van der Waals surface area contributed by atoms with Crippen molar-refractivity contribution >= 4 is 27.8 Å². The van der Waals surface area contributed by atoms with E-state index in [2.05, 4.69) is 10.3 Å². The lowest BCUT2D eigenvalue weighted by atomic mass is 10.0. The molecule has 6 heteroatoms. The molecule has 3 aromatic carbocycles. The summed E-state index contributed by atoms with van der Waals surface area (Å²) in [5, 5.41) is 15.4. The highest BCUT2D eigenvalue weighted by atomic mass is 16.5. The molecule has 0 atom stereocenters. The molecular weight excluding hydrogens is 376 g/mol. The number of nitrogens with one attached hydrogen (secondary N) is 1. The van der Waals surface area contributed by atoms with Crippen LogP contribution in [0.2, 0.25) is 0 Å². The molecule has 30 heavy (non-hydrogen) atoms. The van der Waals surface area contributed by atoms with Gasteiger partial charge in [-0.05, 0) is 29.7 Å². The zero-order valence-electron chi connectivity index (χ0n) is 16.9. The van der Waals surface area contributed by atoms with Crippen molar-refractivity contribution in [2.45, 2.75) is 13.2 Å². The van der Waals surface area contributed by atoms with Gasteiger partial charge in [-0.3, -0.25) is 4.98 Å². The fourth-order valence-electron chi connectivity index (χ4n) is 3.03. The highest BCUT2D eigenvalue weighted by Gasteiger charge is 2.09. The predicted molar refractivity (Wildman–Crippen MR) is 123 cm³/mol. The summed E-state index contributed by atoms with van der Waals surface area (Å²) in [6, 6.07) is 21.4. The third kappa shape index (κ3) is 5.18. The fraction of sp³-hybridized carbons (Fsp3) is 0.125. The second kappa shape index (κ2) is 10.1. The lowest BCUT2D eigenvalue weighted by Gasteiger charge is -2.12. The van der Waals surface area contributed by atoms with Crippen LogP contribution in [0, 0.1) is 0 Å². The molecule has 0 amide bonds. The molecular formula is C24H26N4O2. The van der Waals surface area contributed by atoms with Gasteiger partial charge >= 0.3 is 0 Å². The third-order valence-corrected chi connectivity index (χ3v) is 4.64. The van der Waals surface area contributed by atoms with E-state index in [4.69, 9.17) is 16.2 Å². The molecule has 0 saturated carbocycles. The zero-order chi connectivity index (χ0) is 21.3. The van der Waals surface area contributed by atoms with E-state index in [0.717, 1.165) is 33.3 Å². The van der Waals surface area contributed by atoms with Crippen molar-refractivity contribution in [1.82, 2.24) is 4.98 Å². The Morgan fingerprint density at radius 3 is 2.43 bits per heavy atom. The molecule has 0 aliphatic heterocycles. The Hall–Kier alpha value is -3.77. The van der Waals surface area contributed by atoms with Gasteiger partial charge in [0.1, 0.15) is 5.75 Å². The minimum absolute atomic E-state index is 0.159. The van der Waals surface area contributed by atoms with Crippen LogP contribution in [-0.4, -0.2) is 17.2 Å². The summed E-state index contributed by atoms with van der Waals surface area (Å²) >= 11 is 0. The van der Waals surface area contributed by atoms with Gasteiger partial charge in [-0.1, -0.05) is 42.5 Å². The van der Waals surface area contributed by atoms with Crippen molar-refractivity contribution in [2.75, 3.05) is 23.9 Å². The number of methoxy groups -OCH3 is 1. The van der Waals surface area contributed by atoms with E-state index in [1.54, 1.807) is 25.6 Å². The molecule has 0 aliphatic rings. The maximum Gasteiger partial charge on any atom is 0.144 e. The standard InChI is InChI=1S/C17H16N2O.C7H10N2O/c18-16-15-9-5-4-6-12(15)10-13(17(16)20)11-19-14-7-2-1-3-8-14;1-10-5-6-4-9-3-2-7(6)8/h1-10,19-20H,11,18H2;2-4H,5H2,1H3,(H2,8,9). The maximum atomic E-state index is 10.2. The Bertz CT molecular complexity index is 1100. The van der Waals surface area contributed by atoms with Gasteiger partial charge in [0.05, 0.1) is 12.3 Å². The molecule has 0 bridgehead atoms. The number of fused-ring (bicyclic) bond motifs is 1. The molecule has 6 nitrogen and oxygen atoms in total. The van der Waals surface area contributed by atoms with Crippen LogP contribution >= 0.6 is 0 Å². The maximum absolute atomic E-state index is 10.2. The summed E-state index contributed by atoms with van der Waals surface area (Å²) in [5.74, 6) is 0.159. The van der Waals surface area contributed by atoms with Crippen LogP contribution in [0.15, 0.2) is 79.1 Å². The van der Waals surface area contributed by atoms with Gasteiger partial charge in [-0.25, -0.2) is 0 Å². The number of anilines is 3. The van der Waals surface area contributed by atoms with Gasteiger partial charge in [0.25, 0.3) is 0 Å². The second-order valence-corrected chi connectivity index (χ2v) is 6.75. The number of hydrogen-bond acceptors (Lipinski definition) is 6. The molecule has 1 aromatic heterocycles. The molecule has 0 fully saturated rings. The number of ether oxygens (including phenoxy) is 1. The second-order valence-electron chi connectivity index (χ2n) is 6.75. The summed E-state index contributed by atoms with van der Waals surface area (Å²) in [5.41, 5.74) is 15.5. The third-order valence-electron chi connectivity index (χ3n) is 4.64. The van der Waals surface area contributed by atoms with Gasteiger partial charge in [-0.2, -0.15) is 0 Å². The average molecular weight is 402 g/mol. The highest BCUT2D eigenvalue weighted by Crippen LogP contribution is 2.33. The molecule has 1 heterocycles. The van der Waals surface area contributed by atoms with E-state index in [-0.39, 0.29) is 5.75 Å². The monoisotopic (exact) mass is 402 g/mol. The summed E-state index contributed by atoms with van der Waals surface area (Å²) in [6.45, 7) is 1.06. The Morgan fingerprint density at radius 1 is 0.967 bits per heavy atom. The quantitative estimate of drug-likeness (QED) is 0.288. The summed E-state index contributed by atoms with van der Waals surface area (Å²) in [7, 11) is 1.63. The normalized spacial score (nSPS) is 10.3. The van der Waals surface area contributed by atoms with Gasteiger partial charge < -0.3 is 26.6 Å².